The van der Waals surface area contributed by atoms with Gasteiger partial charge in [0.2, 0.25) is 11.8 Å². The second kappa shape index (κ2) is 7.03. The Morgan fingerprint density at radius 3 is 2.31 bits per heavy atom. The first-order chi connectivity index (χ1) is 13.6. The molecule has 0 spiro atoms. The molecular formula is C18H23F2NO7S. The van der Waals surface area contributed by atoms with Crippen LogP contribution in [-0.4, -0.2) is 40.7 Å². The molecule has 0 aromatic carbocycles. The number of alkyl halides is 2. The Labute approximate surface area is 166 Å². The fourth-order valence-corrected chi connectivity index (χ4v) is 5.18. The number of nitrogens with zero attached hydrogens (tertiary/aromatic N) is 1. The van der Waals surface area contributed by atoms with Gasteiger partial charge < -0.3 is 14.9 Å². The van der Waals surface area contributed by atoms with E-state index in [2.05, 4.69) is 4.28 Å². The minimum atomic E-state index is -5.89. The second-order valence-electron chi connectivity index (χ2n) is 8.21. The number of rotatable bonds is 6. The summed E-state index contributed by atoms with van der Waals surface area (Å²) in [6.45, 7) is 0. The van der Waals surface area contributed by atoms with E-state index in [1.165, 1.54) is 0 Å². The molecule has 2 bridgehead atoms. The van der Waals surface area contributed by atoms with Crippen molar-refractivity contribution in [3.8, 4) is 11.8 Å². The van der Waals surface area contributed by atoms with Crippen molar-refractivity contribution in [3.63, 3.8) is 0 Å². The summed E-state index contributed by atoms with van der Waals surface area (Å²) < 4.78 is 62.2. The van der Waals surface area contributed by atoms with Crippen LogP contribution in [0.15, 0.2) is 6.07 Å². The van der Waals surface area contributed by atoms with Crippen molar-refractivity contribution in [2.24, 2.45) is 11.8 Å². The Morgan fingerprint density at radius 1 is 1.14 bits per heavy atom. The predicted octanol–water partition coefficient (Wildman–Crippen LogP) is 2.64. The van der Waals surface area contributed by atoms with Crippen LogP contribution in [-0.2, 0) is 19.6 Å². The normalized spacial score (nSPS) is 27.4. The van der Waals surface area contributed by atoms with E-state index < -0.39 is 39.2 Å². The highest BCUT2D eigenvalue weighted by molar-refractivity contribution is 7.88. The maximum absolute atomic E-state index is 14.4. The van der Waals surface area contributed by atoms with Gasteiger partial charge in [0.05, 0.1) is 0 Å². The Balaban J connectivity index is 1.50. The van der Waals surface area contributed by atoms with E-state index in [1.807, 2.05) is 0 Å². The lowest BCUT2D eigenvalue weighted by Gasteiger charge is -2.41. The maximum Gasteiger partial charge on any atom is 0.478 e. The van der Waals surface area contributed by atoms with Crippen LogP contribution in [0.3, 0.4) is 0 Å². The molecule has 162 valence electrons. The Hall–Kier alpha value is -2.04. The smallest absolute Gasteiger partial charge is 0.478 e. The molecule has 0 saturated heterocycles. The summed E-state index contributed by atoms with van der Waals surface area (Å²) in [5.74, 6) is -3.74. The SMILES string of the molecule is O=C(OC1CC2CCC1CC2)C(F)(F)S(=O)(=O)On1c(O)cc(C2CCC2)c1O. The lowest BCUT2D eigenvalue weighted by Crippen LogP contribution is -2.47. The summed E-state index contributed by atoms with van der Waals surface area (Å²) in [6, 6.07) is 1.06. The number of esters is 1. The number of carbonyl (C=O) groups is 1. The summed E-state index contributed by atoms with van der Waals surface area (Å²) in [5.41, 5.74) is 0.202. The van der Waals surface area contributed by atoms with E-state index in [1.54, 1.807) is 0 Å². The molecule has 8 nitrogen and oxygen atoms in total. The van der Waals surface area contributed by atoms with Crippen molar-refractivity contribution < 1.29 is 41.2 Å². The molecule has 4 aliphatic carbocycles. The number of hydrogen-bond donors (Lipinski definition) is 2. The van der Waals surface area contributed by atoms with Gasteiger partial charge in [0, 0.05) is 11.6 Å². The third-order valence-electron chi connectivity index (χ3n) is 6.45. The standard InChI is InChI=1S/C18H23F2NO7S/c19-18(20,17(24)27-14-8-10-4-6-12(14)7-5-10)29(25,26)28-21-15(22)9-13(16(21)23)11-2-1-3-11/h9-12,14,22-23H,1-8H2. The first-order valence-corrected chi connectivity index (χ1v) is 11.2. The summed E-state index contributed by atoms with van der Waals surface area (Å²) >= 11 is 0. The van der Waals surface area contributed by atoms with Crippen molar-refractivity contribution in [1.29, 1.82) is 0 Å². The Kier molecular flexibility index (Phi) is 4.91. The summed E-state index contributed by atoms with van der Waals surface area (Å²) in [6.07, 6.45) is 5.41. The molecule has 2 N–H and O–H groups in total. The largest absolute Gasteiger partial charge is 0.492 e. The number of aromatic hydroxyl groups is 2. The molecule has 1 aromatic heterocycles. The molecule has 1 aromatic rings. The van der Waals surface area contributed by atoms with Gasteiger partial charge in [0.25, 0.3) is 0 Å². The fraction of sp³-hybridized carbons (Fsp3) is 0.722. The third kappa shape index (κ3) is 3.43. The second-order valence-corrected chi connectivity index (χ2v) is 9.78. The van der Waals surface area contributed by atoms with Crippen LogP contribution < -0.4 is 4.28 Å². The number of fused-ring (bicyclic) bond motifs is 3. The minimum Gasteiger partial charge on any atom is -0.492 e. The van der Waals surface area contributed by atoms with Crippen molar-refractivity contribution in [3.05, 3.63) is 11.6 Å². The number of carbonyl (C=O) groups excluding carboxylic acids is 1. The van der Waals surface area contributed by atoms with Crippen molar-refractivity contribution in [2.75, 3.05) is 0 Å². The summed E-state index contributed by atoms with van der Waals surface area (Å²) in [5, 5.41) is 14.9. The van der Waals surface area contributed by atoms with Crippen LogP contribution in [0.5, 0.6) is 11.8 Å². The number of halogens is 2. The highest BCUT2D eigenvalue weighted by Gasteiger charge is 2.59. The van der Waals surface area contributed by atoms with Crippen molar-refractivity contribution in [1.82, 2.24) is 4.73 Å². The van der Waals surface area contributed by atoms with Crippen molar-refractivity contribution >= 4 is 16.1 Å². The average molecular weight is 435 g/mol. The van der Waals surface area contributed by atoms with Crippen LogP contribution in [0.25, 0.3) is 0 Å². The van der Waals surface area contributed by atoms with Crippen LogP contribution in [0.2, 0.25) is 0 Å². The molecule has 4 saturated carbocycles. The maximum atomic E-state index is 14.4. The van der Waals surface area contributed by atoms with Crippen LogP contribution >= 0.6 is 0 Å². The van der Waals surface area contributed by atoms with Crippen LogP contribution in [0.4, 0.5) is 8.78 Å². The van der Waals surface area contributed by atoms with Crippen LogP contribution in [0.1, 0.15) is 62.8 Å². The monoisotopic (exact) mass is 435 g/mol. The zero-order chi connectivity index (χ0) is 21.0. The van der Waals surface area contributed by atoms with Gasteiger partial charge in [-0.2, -0.15) is 17.2 Å². The minimum absolute atomic E-state index is 0.00720. The highest BCUT2D eigenvalue weighted by atomic mass is 32.2. The first-order valence-electron chi connectivity index (χ1n) is 9.77. The van der Waals surface area contributed by atoms with Crippen LogP contribution in [0, 0.1) is 11.8 Å². The van der Waals surface area contributed by atoms with Gasteiger partial charge in [0.15, 0.2) is 0 Å². The van der Waals surface area contributed by atoms with E-state index in [4.69, 9.17) is 4.74 Å². The molecule has 1 unspecified atom stereocenters. The highest BCUT2D eigenvalue weighted by Crippen LogP contribution is 2.45. The van der Waals surface area contributed by atoms with Crippen molar-refractivity contribution in [2.45, 2.75) is 68.6 Å². The van der Waals surface area contributed by atoms with E-state index in [0.29, 0.717) is 19.3 Å². The number of aromatic nitrogens is 1. The molecular weight excluding hydrogens is 412 g/mol. The lowest BCUT2D eigenvalue weighted by atomic mass is 9.69. The number of hydrogen-bond acceptors (Lipinski definition) is 7. The average Bonchev–Trinajstić information content (AvgIpc) is 2.89. The molecule has 29 heavy (non-hydrogen) atoms. The Bertz CT molecular complexity index is 902. The predicted molar refractivity (Wildman–Crippen MR) is 94.7 cm³/mol. The Morgan fingerprint density at radius 2 is 1.79 bits per heavy atom. The molecule has 11 heteroatoms. The van der Waals surface area contributed by atoms with Gasteiger partial charge in [-0.25, -0.2) is 4.79 Å². The fourth-order valence-electron chi connectivity index (χ4n) is 4.50. The summed E-state index contributed by atoms with van der Waals surface area (Å²) in [7, 11) is -5.89. The molecule has 1 heterocycles. The third-order valence-corrected chi connectivity index (χ3v) is 7.59. The topological polar surface area (TPSA) is 115 Å². The molecule has 0 aliphatic heterocycles. The van der Waals surface area contributed by atoms with Gasteiger partial charge in [-0.15, -0.1) is 0 Å². The van der Waals surface area contributed by atoms with Gasteiger partial charge in [-0.05, 0) is 62.7 Å². The molecule has 4 aliphatic rings. The molecule has 1 atom stereocenters. The van der Waals surface area contributed by atoms with E-state index >= 15 is 0 Å². The zero-order valence-corrected chi connectivity index (χ0v) is 16.4. The first kappa shape index (κ1) is 20.2. The van der Waals surface area contributed by atoms with Gasteiger partial charge in [0.1, 0.15) is 6.10 Å². The summed E-state index contributed by atoms with van der Waals surface area (Å²) in [4.78, 5) is 12.0. The number of ether oxygens (including phenoxy) is 1. The van der Waals surface area contributed by atoms with Gasteiger partial charge in [-0.1, -0.05) is 11.2 Å². The van der Waals surface area contributed by atoms with Gasteiger partial charge >= 0.3 is 21.3 Å². The lowest BCUT2D eigenvalue weighted by molar-refractivity contribution is -0.175. The molecule has 4 fully saturated rings. The van der Waals surface area contributed by atoms with E-state index in [0.717, 1.165) is 38.2 Å². The zero-order valence-electron chi connectivity index (χ0n) is 15.6. The molecule has 5 rings (SSSR count). The quantitative estimate of drug-likeness (QED) is 0.660. The van der Waals surface area contributed by atoms with E-state index in [9.17, 15) is 32.2 Å². The van der Waals surface area contributed by atoms with E-state index in [-0.39, 0.29) is 28.0 Å². The molecule has 0 amide bonds. The molecule has 0 radical (unpaired) electrons. The van der Waals surface area contributed by atoms with Gasteiger partial charge in [-0.3, -0.25) is 4.28 Å².